The van der Waals surface area contributed by atoms with Crippen LogP contribution in [0.5, 0.6) is 0 Å². The van der Waals surface area contributed by atoms with E-state index in [0.29, 0.717) is 24.2 Å². The maximum absolute atomic E-state index is 12.8. The average Bonchev–Trinajstić information content (AvgIpc) is 2.63. The second-order valence-corrected chi connectivity index (χ2v) is 7.27. The molecule has 7 nitrogen and oxygen atoms in total. The fourth-order valence-electron chi connectivity index (χ4n) is 3.80. The summed E-state index contributed by atoms with van der Waals surface area (Å²) in [5.41, 5.74) is 0.884. The number of carbonyl (C=O) groups is 3. The molecule has 0 spiro atoms. The van der Waals surface area contributed by atoms with Crippen molar-refractivity contribution < 1.29 is 24.2 Å². The molecule has 0 radical (unpaired) electrons. The van der Waals surface area contributed by atoms with Crippen LogP contribution >= 0.6 is 0 Å². The fraction of sp³-hybridized carbons (Fsp3) is 0.550. The first-order valence-electron chi connectivity index (χ1n) is 9.48. The van der Waals surface area contributed by atoms with Gasteiger partial charge in [0.1, 0.15) is 12.1 Å². The number of hydrogen-bond acceptors (Lipinski definition) is 4. The van der Waals surface area contributed by atoms with Crippen molar-refractivity contribution in [2.24, 2.45) is 5.92 Å². The number of methoxy groups -OCH3 is 1. The summed E-state index contributed by atoms with van der Waals surface area (Å²) in [6.45, 7) is 0.430. The second kappa shape index (κ2) is 8.52. The molecule has 1 aromatic carbocycles. The summed E-state index contributed by atoms with van der Waals surface area (Å²) in [5, 5.41) is 12.2. The molecule has 0 bridgehead atoms. The van der Waals surface area contributed by atoms with Crippen LogP contribution < -0.4 is 5.32 Å². The molecule has 2 fully saturated rings. The molecule has 0 aromatic heterocycles. The molecule has 2 unspecified atom stereocenters. The third kappa shape index (κ3) is 4.30. The molecule has 7 heteroatoms. The van der Waals surface area contributed by atoms with Gasteiger partial charge in [0.2, 0.25) is 0 Å². The predicted molar refractivity (Wildman–Crippen MR) is 99.5 cm³/mol. The summed E-state index contributed by atoms with van der Waals surface area (Å²) in [7, 11) is 1.53. The lowest BCUT2D eigenvalue weighted by atomic mass is 9.80. The van der Waals surface area contributed by atoms with Gasteiger partial charge >= 0.3 is 5.97 Å². The predicted octanol–water partition coefficient (Wildman–Crippen LogP) is 2.52. The minimum absolute atomic E-state index is 0.215. The molecule has 2 amide bonds. The zero-order valence-electron chi connectivity index (χ0n) is 15.5. The minimum atomic E-state index is -0.976. The molecule has 146 valence electrons. The van der Waals surface area contributed by atoms with Gasteiger partial charge in [-0.25, -0.2) is 4.79 Å². The molecule has 1 heterocycles. The van der Waals surface area contributed by atoms with Crippen LogP contribution in [-0.4, -0.2) is 53.6 Å². The number of benzene rings is 1. The summed E-state index contributed by atoms with van der Waals surface area (Å²) in [6, 6.07) is 5.86. The Hall–Kier alpha value is -2.41. The summed E-state index contributed by atoms with van der Waals surface area (Å²) in [6.07, 6.45) is 4.65. The number of nitrogens with one attached hydrogen (secondary N) is 1. The lowest BCUT2D eigenvalue weighted by Crippen LogP contribution is -2.48. The number of hydrogen-bond donors (Lipinski definition) is 2. The third-order valence-electron chi connectivity index (χ3n) is 5.52. The second-order valence-electron chi connectivity index (χ2n) is 7.27. The molecule has 1 aliphatic carbocycles. The molecule has 27 heavy (non-hydrogen) atoms. The van der Waals surface area contributed by atoms with Gasteiger partial charge in [-0.3, -0.25) is 9.59 Å². The number of carbonyl (C=O) groups excluding carboxylic acids is 2. The molecular formula is C20H26N2O5. The van der Waals surface area contributed by atoms with E-state index in [-0.39, 0.29) is 17.7 Å². The largest absolute Gasteiger partial charge is 0.480 e. The minimum Gasteiger partial charge on any atom is -0.480 e. The van der Waals surface area contributed by atoms with Gasteiger partial charge in [-0.05, 0) is 56.2 Å². The van der Waals surface area contributed by atoms with Gasteiger partial charge in [-0.15, -0.1) is 0 Å². The normalized spacial score (nSPS) is 21.2. The molecule has 1 aliphatic heterocycles. The van der Waals surface area contributed by atoms with Crippen LogP contribution in [0.1, 0.15) is 48.9 Å². The lowest BCUT2D eigenvalue weighted by Gasteiger charge is -2.33. The van der Waals surface area contributed by atoms with Crippen LogP contribution in [0.25, 0.3) is 0 Å². The highest BCUT2D eigenvalue weighted by atomic mass is 16.5. The highest BCUT2D eigenvalue weighted by molar-refractivity contribution is 5.99. The summed E-state index contributed by atoms with van der Waals surface area (Å²) >= 11 is 0. The van der Waals surface area contributed by atoms with Gasteiger partial charge in [-0.2, -0.15) is 0 Å². The Labute approximate surface area is 158 Å². The van der Waals surface area contributed by atoms with Gasteiger partial charge in [0.25, 0.3) is 11.8 Å². The van der Waals surface area contributed by atoms with Gasteiger partial charge in [0.15, 0.2) is 0 Å². The van der Waals surface area contributed by atoms with Crippen LogP contribution in [0.2, 0.25) is 0 Å². The Bertz CT molecular complexity index is 716. The Morgan fingerprint density at radius 3 is 2.59 bits per heavy atom. The van der Waals surface area contributed by atoms with Crippen molar-refractivity contribution in [3.63, 3.8) is 0 Å². The fourth-order valence-corrected chi connectivity index (χ4v) is 3.80. The Morgan fingerprint density at radius 1 is 1.19 bits per heavy atom. The van der Waals surface area contributed by atoms with Crippen molar-refractivity contribution >= 4 is 23.5 Å². The van der Waals surface area contributed by atoms with E-state index in [0.717, 1.165) is 32.1 Å². The third-order valence-corrected chi connectivity index (χ3v) is 5.52. The summed E-state index contributed by atoms with van der Waals surface area (Å²) in [5.74, 6) is -1.27. The Morgan fingerprint density at radius 2 is 1.96 bits per heavy atom. The van der Waals surface area contributed by atoms with E-state index in [4.69, 9.17) is 4.74 Å². The number of anilines is 1. The molecular weight excluding hydrogens is 348 g/mol. The van der Waals surface area contributed by atoms with E-state index >= 15 is 0 Å². The van der Waals surface area contributed by atoms with Gasteiger partial charge in [0, 0.05) is 24.9 Å². The van der Waals surface area contributed by atoms with Crippen LogP contribution in [0, 0.1) is 5.92 Å². The van der Waals surface area contributed by atoms with Crippen molar-refractivity contribution in [2.45, 2.75) is 50.7 Å². The number of ether oxygens (including phenoxy) is 1. The van der Waals surface area contributed by atoms with Crippen molar-refractivity contribution in [3.05, 3.63) is 29.8 Å². The van der Waals surface area contributed by atoms with E-state index in [1.54, 1.807) is 24.3 Å². The molecule has 2 atom stereocenters. The number of aliphatic carboxylic acids is 1. The monoisotopic (exact) mass is 374 g/mol. The number of carboxylic acid groups (broad SMARTS) is 1. The maximum Gasteiger partial charge on any atom is 0.326 e. The zero-order valence-corrected chi connectivity index (χ0v) is 15.5. The van der Waals surface area contributed by atoms with Crippen LogP contribution in [0.3, 0.4) is 0 Å². The summed E-state index contributed by atoms with van der Waals surface area (Å²) in [4.78, 5) is 38.2. The van der Waals surface area contributed by atoms with Crippen LogP contribution in [-0.2, 0) is 14.3 Å². The van der Waals surface area contributed by atoms with E-state index < -0.39 is 18.1 Å². The van der Waals surface area contributed by atoms with Gasteiger partial charge < -0.3 is 20.1 Å². The SMILES string of the molecule is COC(C(=O)Nc1cccc(C(=O)N2CCCCC2C(=O)O)c1)C1CCC1. The standard InChI is InChI=1S/C20H26N2O5/c1-27-17(13-6-4-7-13)18(23)21-15-9-5-8-14(12-15)19(24)22-11-3-2-10-16(22)20(25)26/h5,8-9,12-13,16-17H,2-4,6-7,10-11H2,1H3,(H,21,23)(H,25,26). The maximum atomic E-state index is 12.8. The molecule has 1 aromatic rings. The number of amides is 2. The number of carboxylic acids is 1. The van der Waals surface area contributed by atoms with Gasteiger partial charge in [-0.1, -0.05) is 12.5 Å². The molecule has 1 saturated heterocycles. The molecule has 2 aliphatic rings. The van der Waals surface area contributed by atoms with Crippen molar-refractivity contribution in [1.29, 1.82) is 0 Å². The van der Waals surface area contributed by atoms with E-state index in [1.807, 2.05) is 0 Å². The Balaban J connectivity index is 1.71. The molecule has 1 saturated carbocycles. The molecule has 3 rings (SSSR count). The van der Waals surface area contributed by atoms with Crippen molar-refractivity contribution in [1.82, 2.24) is 4.90 Å². The highest BCUT2D eigenvalue weighted by Gasteiger charge is 2.34. The number of nitrogens with zero attached hydrogens (tertiary/aromatic N) is 1. The van der Waals surface area contributed by atoms with Crippen molar-refractivity contribution in [2.75, 3.05) is 19.0 Å². The molecule has 2 N–H and O–H groups in total. The van der Waals surface area contributed by atoms with E-state index in [1.165, 1.54) is 12.0 Å². The van der Waals surface area contributed by atoms with Crippen LogP contribution in [0.4, 0.5) is 5.69 Å². The number of piperidine rings is 1. The van der Waals surface area contributed by atoms with E-state index in [9.17, 15) is 19.5 Å². The van der Waals surface area contributed by atoms with Crippen LogP contribution in [0.15, 0.2) is 24.3 Å². The van der Waals surface area contributed by atoms with Gasteiger partial charge in [0.05, 0.1) is 0 Å². The first kappa shape index (κ1) is 19.4. The summed E-state index contributed by atoms with van der Waals surface area (Å²) < 4.78 is 5.35. The smallest absolute Gasteiger partial charge is 0.326 e. The zero-order chi connectivity index (χ0) is 19.4. The first-order valence-corrected chi connectivity index (χ1v) is 9.48. The lowest BCUT2D eigenvalue weighted by molar-refractivity contribution is -0.143. The highest BCUT2D eigenvalue weighted by Crippen LogP contribution is 2.31. The first-order chi connectivity index (χ1) is 13.0. The Kier molecular flexibility index (Phi) is 6.11. The topological polar surface area (TPSA) is 95.9 Å². The number of likely N-dealkylation sites (tertiary alicyclic amines) is 1. The quantitative estimate of drug-likeness (QED) is 0.798. The number of rotatable bonds is 6. The average molecular weight is 374 g/mol. The van der Waals surface area contributed by atoms with E-state index in [2.05, 4.69) is 5.32 Å². The van der Waals surface area contributed by atoms with Crippen molar-refractivity contribution in [3.8, 4) is 0 Å².